The lowest BCUT2D eigenvalue weighted by Gasteiger charge is -2.09. The predicted octanol–water partition coefficient (Wildman–Crippen LogP) is 3.47. The lowest BCUT2D eigenvalue weighted by molar-refractivity contribution is -0.115. The van der Waals surface area contributed by atoms with E-state index < -0.39 is 0 Å². The van der Waals surface area contributed by atoms with Gasteiger partial charge in [-0.2, -0.15) is 0 Å². The van der Waals surface area contributed by atoms with Gasteiger partial charge in [-0.05, 0) is 35.7 Å². The van der Waals surface area contributed by atoms with E-state index in [1.54, 1.807) is 24.4 Å². The van der Waals surface area contributed by atoms with Gasteiger partial charge in [0.25, 0.3) is 0 Å². The molecule has 0 aliphatic carbocycles. The Balaban J connectivity index is 1.89. The highest BCUT2D eigenvalue weighted by atomic mass is 19.1. The molecule has 0 radical (unpaired) electrons. The number of hydrogen-bond acceptors (Lipinski definition) is 3. The van der Waals surface area contributed by atoms with Crippen LogP contribution in [0.3, 0.4) is 0 Å². The van der Waals surface area contributed by atoms with E-state index in [0.717, 1.165) is 12.2 Å². The Morgan fingerprint density at radius 2 is 2.09 bits per heavy atom. The minimum atomic E-state index is -0.344. The molecule has 22 heavy (non-hydrogen) atoms. The molecule has 116 valence electrons. The van der Waals surface area contributed by atoms with Crippen LogP contribution in [0.25, 0.3) is 0 Å². The maximum Gasteiger partial charge on any atom is 0.229 e. The van der Waals surface area contributed by atoms with Crippen molar-refractivity contribution in [2.75, 3.05) is 17.2 Å². The molecule has 2 N–H and O–H groups in total. The van der Waals surface area contributed by atoms with Gasteiger partial charge in [-0.15, -0.1) is 0 Å². The van der Waals surface area contributed by atoms with Crippen molar-refractivity contribution in [3.8, 4) is 0 Å². The highest BCUT2D eigenvalue weighted by Gasteiger charge is 2.06. The van der Waals surface area contributed by atoms with Crippen LogP contribution < -0.4 is 10.6 Å². The Bertz CT molecular complexity index is 626. The second-order valence-corrected chi connectivity index (χ2v) is 5.56. The third-order valence-corrected chi connectivity index (χ3v) is 3.00. The summed E-state index contributed by atoms with van der Waals surface area (Å²) in [5.41, 5.74) is 1.55. The fourth-order valence-corrected chi connectivity index (χ4v) is 1.91. The molecule has 0 saturated heterocycles. The highest BCUT2D eigenvalue weighted by Crippen LogP contribution is 2.11. The smallest absolute Gasteiger partial charge is 0.229 e. The molecule has 0 aliphatic heterocycles. The minimum Gasteiger partial charge on any atom is -0.384 e. The molecule has 0 spiro atoms. The number of benzene rings is 1. The van der Waals surface area contributed by atoms with Gasteiger partial charge in [0.15, 0.2) is 0 Å². The Morgan fingerprint density at radius 1 is 1.27 bits per heavy atom. The SMILES string of the molecule is CC(C)CNc1ccc(NC(=O)Cc2cccc(F)c2)nc1. The van der Waals surface area contributed by atoms with Gasteiger partial charge in [0.2, 0.25) is 5.91 Å². The lowest BCUT2D eigenvalue weighted by atomic mass is 10.1. The molecule has 1 amide bonds. The van der Waals surface area contributed by atoms with Crippen molar-refractivity contribution in [1.29, 1.82) is 0 Å². The summed E-state index contributed by atoms with van der Waals surface area (Å²) >= 11 is 0. The number of aromatic nitrogens is 1. The third kappa shape index (κ3) is 5.16. The van der Waals surface area contributed by atoms with Crippen molar-refractivity contribution in [1.82, 2.24) is 4.98 Å². The van der Waals surface area contributed by atoms with Gasteiger partial charge in [-0.25, -0.2) is 9.37 Å². The van der Waals surface area contributed by atoms with Gasteiger partial charge < -0.3 is 10.6 Å². The molecule has 0 unspecified atom stereocenters. The van der Waals surface area contributed by atoms with Crippen LogP contribution in [-0.2, 0) is 11.2 Å². The molecule has 0 saturated carbocycles. The summed E-state index contributed by atoms with van der Waals surface area (Å²) in [5, 5.41) is 5.96. The molecule has 1 heterocycles. The van der Waals surface area contributed by atoms with Gasteiger partial charge in [0.1, 0.15) is 11.6 Å². The quantitative estimate of drug-likeness (QED) is 0.859. The first-order valence-electron chi connectivity index (χ1n) is 7.27. The van der Waals surface area contributed by atoms with Gasteiger partial charge >= 0.3 is 0 Å². The molecule has 2 rings (SSSR count). The van der Waals surface area contributed by atoms with Crippen LogP contribution in [0.4, 0.5) is 15.9 Å². The number of hydrogen-bond donors (Lipinski definition) is 2. The van der Waals surface area contributed by atoms with E-state index in [2.05, 4.69) is 29.5 Å². The number of carbonyl (C=O) groups excluding carboxylic acids is 1. The summed E-state index contributed by atoms with van der Waals surface area (Å²) in [6.45, 7) is 5.12. The zero-order chi connectivity index (χ0) is 15.9. The number of nitrogens with zero attached hydrogens (tertiary/aromatic N) is 1. The zero-order valence-electron chi connectivity index (χ0n) is 12.8. The second kappa shape index (κ2) is 7.54. The van der Waals surface area contributed by atoms with Crippen LogP contribution in [0.5, 0.6) is 0 Å². The average Bonchev–Trinajstić information content (AvgIpc) is 2.46. The van der Waals surface area contributed by atoms with E-state index >= 15 is 0 Å². The lowest BCUT2D eigenvalue weighted by Crippen LogP contribution is -2.15. The molecular formula is C17H20FN3O. The number of pyridine rings is 1. The van der Waals surface area contributed by atoms with E-state index in [0.29, 0.717) is 17.3 Å². The standard InChI is InChI=1S/C17H20FN3O/c1-12(2)10-19-15-6-7-16(20-11-15)21-17(22)9-13-4-3-5-14(18)8-13/h3-8,11-12,19H,9-10H2,1-2H3,(H,20,21,22). The van der Waals surface area contributed by atoms with Crippen LogP contribution in [0, 0.1) is 11.7 Å². The van der Waals surface area contributed by atoms with E-state index in [4.69, 9.17) is 0 Å². The molecule has 0 fully saturated rings. The first-order chi connectivity index (χ1) is 10.5. The van der Waals surface area contributed by atoms with Crippen molar-refractivity contribution in [2.24, 2.45) is 5.92 Å². The maximum absolute atomic E-state index is 13.1. The molecule has 0 bridgehead atoms. The highest BCUT2D eigenvalue weighted by molar-refractivity contribution is 5.91. The van der Waals surface area contributed by atoms with Crippen LogP contribution in [-0.4, -0.2) is 17.4 Å². The molecule has 1 aromatic carbocycles. The van der Waals surface area contributed by atoms with Crippen LogP contribution in [0.1, 0.15) is 19.4 Å². The number of halogens is 1. The number of nitrogens with one attached hydrogen (secondary N) is 2. The summed E-state index contributed by atoms with van der Waals surface area (Å²) in [7, 11) is 0. The Labute approximate surface area is 129 Å². The summed E-state index contributed by atoms with van der Waals surface area (Å²) in [6, 6.07) is 9.62. The van der Waals surface area contributed by atoms with E-state index in [9.17, 15) is 9.18 Å². The van der Waals surface area contributed by atoms with E-state index in [1.807, 2.05) is 6.07 Å². The summed E-state index contributed by atoms with van der Waals surface area (Å²) < 4.78 is 13.1. The van der Waals surface area contributed by atoms with Crippen molar-refractivity contribution < 1.29 is 9.18 Å². The second-order valence-electron chi connectivity index (χ2n) is 5.56. The minimum absolute atomic E-state index is 0.118. The number of anilines is 2. The maximum atomic E-state index is 13.1. The zero-order valence-corrected chi connectivity index (χ0v) is 12.8. The Hall–Kier alpha value is -2.43. The van der Waals surface area contributed by atoms with E-state index in [-0.39, 0.29) is 18.1 Å². The number of amides is 1. The Kier molecular flexibility index (Phi) is 5.47. The normalized spacial score (nSPS) is 10.5. The van der Waals surface area contributed by atoms with Gasteiger partial charge in [0.05, 0.1) is 18.3 Å². The van der Waals surface area contributed by atoms with Gasteiger partial charge in [-0.1, -0.05) is 26.0 Å². The van der Waals surface area contributed by atoms with Crippen molar-refractivity contribution in [2.45, 2.75) is 20.3 Å². The average molecular weight is 301 g/mol. The molecule has 4 nitrogen and oxygen atoms in total. The van der Waals surface area contributed by atoms with E-state index in [1.165, 1.54) is 12.1 Å². The fourth-order valence-electron chi connectivity index (χ4n) is 1.91. The molecule has 1 aromatic heterocycles. The van der Waals surface area contributed by atoms with Crippen molar-refractivity contribution in [3.63, 3.8) is 0 Å². The summed E-state index contributed by atoms with van der Waals surface area (Å²) in [5.74, 6) is 0.465. The summed E-state index contributed by atoms with van der Waals surface area (Å²) in [6.07, 6.45) is 1.80. The Morgan fingerprint density at radius 3 is 2.73 bits per heavy atom. The largest absolute Gasteiger partial charge is 0.384 e. The number of rotatable bonds is 6. The molecule has 2 aromatic rings. The first kappa shape index (κ1) is 15.9. The van der Waals surface area contributed by atoms with Crippen molar-refractivity contribution >= 4 is 17.4 Å². The van der Waals surface area contributed by atoms with Crippen molar-refractivity contribution in [3.05, 3.63) is 54.0 Å². The molecular weight excluding hydrogens is 281 g/mol. The van der Waals surface area contributed by atoms with Crippen LogP contribution in [0.15, 0.2) is 42.6 Å². The van der Waals surface area contributed by atoms with Gasteiger partial charge in [-0.3, -0.25) is 4.79 Å². The topological polar surface area (TPSA) is 54.0 Å². The molecule has 5 heteroatoms. The summed E-state index contributed by atoms with van der Waals surface area (Å²) in [4.78, 5) is 16.1. The molecule has 0 aliphatic rings. The third-order valence-electron chi connectivity index (χ3n) is 3.00. The fraction of sp³-hybridized carbons (Fsp3) is 0.294. The predicted molar refractivity (Wildman–Crippen MR) is 86.3 cm³/mol. The van der Waals surface area contributed by atoms with Gasteiger partial charge in [0, 0.05) is 6.54 Å². The van der Waals surface area contributed by atoms with Crippen LogP contribution in [0.2, 0.25) is 0 Å². The molecule has 0 atom stereocenters. The number of carbonyl (C=O) groups is 1. The first-order valence-corrected chi connectivity index (χ1v) is 7.27. The van der Waals surface area contributed by atoms with Crippen LogP contribution >= 0.6 is 0 Å². The monoisotopic (exact) mass is 301 g/mol.